The van der Waals surface area contributed by atoms with Gasteiger partial charge in [-0.15, -0.1) is 0 Å². The van der Waals surface area contributed by atoms with Gasteiger partial charge < -0.3 is 20.6 Å². The summed E-state index contributed by atoms with van der Waals surface area (Å²) in [4.78, 5) is 37.8. The number of imide groups is 1. The van der Waals surface area contributed by atoms with Crippen LogP contribution in [0.15, 0.2) is 18.2 Å². The Morgan fingerprint density at radius 1 is 1.26 bits per heavy atom. The summed E-state index contributed by atoms with van der Waals surface area (Å²) < 4.78 is 0. The third-order valence-electron chi connectivity index (χ3n) is 5.51. The number of aliphatic hydroxyl groups is 1. The smallest absolute Gasteiger partial charge is 0.255 e. The molecule has 2 saturated heterocycles. The zero-order valence-electron chi connectivity index (χ0n) is 15.0. The van der Waals surface area contributed by atoms with Crippen LogP contribution in [0.3, 0.4) is 0 Å². The molecule has 4 rings (SSSR count). The molecule has 1 aromatic carbocycles. The molecule has 0 radical (unpaired) electrons. The standard InChI is InChI=1S/C19H24N4O4/c24-14-6-13(21-9-14)8-20-7-11-1-2-12-10-23(19(27)15(12)5-11)16-3-4-17(25)22-18(16)26/h1-2,5,13-14,16,20-21,24H,3-4,6-10H2,(H,22,25,26)/t13-,14+,16?/m1/s1. The molecule has 8 heteroatoms. The highest BCUT2D eigenvalue weighted by molar-refractivity contribution is 6.05. The lowest BCUT2D eigenvalue weighted by Gasteiger charge is -2.29. The van der Waals surface area contributed by atoms with Gasteiger partial charge in [0.15, 0.2) is 0 Å². The Labute approximate surface area is 157 Å². The maximum atomic E-state index is 12.8. The van der Waals surface area contributed by atoms with Gasteiger partial charge in [0, 0.05) is 44.2 Å². The number of β-amino-alcohol motifs (C(OH)–C–C–N with tert-alkyl or cyclic N) is 1. The Bertz CT molecular complexity index is 781. The van der Waals surface area contributed by atoms with Gasteiger partial charge in [-0.1, -0.05) is 12.1 Å². The van der Waals surface area contributed by atoms with Gasteiger partial charge >= 0.3 is 0 Å². The number of hydrogen-bond acceptors (Lipinski definition) is 6. The van der Waals surface area contributed by atoms with Crippen LogP contribution in [-0.2, 0) is 22.7 Å². The van der Waals surface area contributed by atoms with Crippen LogP contribution in [0.25, 0.3) is 0 Å². The third-order valence-corrected chi connectivity index (χ3v) is 5.51. The van der Waals surface area contributed by atoms with E-state index in [2.05, 4.69) is 16.0 Å². The molecule has 0 saturated carbocycles. The quantitative estimate of drug-likeness (QED) is 0.507. The zero-order chi connectivity index (χ0) is 19.0. The van der Waals surface area contributed by atoms with Gasteiger partial charge in [0.25, 0.3) is 5.91 Å². The van der Waals surface area contributed by atoms with Gasteiger partial charge in [0.05, 0.1) is 6.10 Å². The van der Waals surface area contributed by atoms with Crippen LogP contribution in [0.4, 0.5) is 0 Å². The van der Waals surface area contributed by atoms with Crippen LogP contribution in [0.2, 0.25) is 0 Å². The van der Waals surface area contributed by atoms with E-state index in [0.717, 1.165) is 24.1 Å². The van der Waals surface area contributed by atoms with Crippen LogP contribution >= 0.6 is 0 Å². The van der Waals surface area contributed by atoms with Crippen molar-refractivity contribution in [3.63, 3.8) is 0 Å². The maximum Gasteiger partial charge on any atom is 0.255 e. The highest BCUT2D eigenvalue weighted by atomic mass is 16.3. The van der Waals surface area contributed by atoms with E-state index in [0.29, 0.717) is 31.6 Å². The number of fused-ring (bicyclic) bond motifs is 1. The fourth-order valence-electron chi connectivity index (χ4n) is 4.06. The summed E-state index contributed by atoms with van der Waals surface area (Å²) in [5, 5.41) is 18.5. The topological polar surface area (TPSA) is 111 Å². The zero-order valence-corrected chi connectivity index (χ0v) is 15.0. The molecule has 0 bridgehead atoms. The molecule has 144 valence electrons. The second kappa shape index (κ2) is 7.38. The predicted octanol–water partition coefficient (Wildman–Crippen LogP) is -0.740. The van der Waals surface area contributed by atoms with Crippen molar-refractivity contribution in [2.24, 2.45) is 0 Å². The molecule has 4 N–H and O–H groups in total. The van der Waals surface area contributed by atoms with Crippen molar-refractivity contribution >= 4 is 17.7 Å². The van der Waals surface area contributed by atoms with Crippen molar-refractivity contribution in [3.8, 4) is 0 Å². The minimum absolute atomic E-state index is 0.151. The molecule has 3 aliphatic heterocycles. The molecule has 0 aromatic heterocycles. The number of nitrogens with zero attached hydrogens (tertiary/aromatic N) is 1. The van der Waals surface area contributed by atoms with E-state index < -0.39 is 6.04 Å². The second-order valence-corrected chi connectivity index (χ2v) is 7.52. The summed E-state index contributed by atoms with van der Waals surface area (Å²) in [7, 11) is 0. The lowest BCUT2D eigenvalue weighted by Crippen LogP contribution is -2.52. The average Bonchev–Trinajstić information content (AvgIpc) is 3.19. The number of aliphatic hydroxyl groups excluding tert-OH is 1. The van der Waals surface area contributed by atoms with Crippen LogP contribution in [0.1, 0.15) is 40.7 Å². The Morgan fingerprint density at radius 2 is 2.11 bits per heavy atom. The average molecular weight is 372 g/mol. The third kappa shape index (κ3) is 3.73. The fraction of sp³-hybridized carbons (Fsp3) is 0.526. The first kappa shape index (κ1) is 18.1. The van der Waals surface area contributed by atoms with E-state index in [9.17, 15) is 19.5 Å². The number of benzene rings is 1. The van der Waals surface area contributed by atoms with Crippen molar-refractivity contribution in [2.75, 3.05) is 13.1 Å². The number of piperidine rings is 1. The normalized spacial score (nSPS) is 27.8. The van der Waals surface area contributed by atoms with Crippen LogP contribution in [0.5, 0.6) is 0 Å². The Kier molecular flexibility index (Phi) is 4.94. The van der Waals surface area contributed by atoms with Gasteiger partial charge in [-0.3, -0.25) is 19.7 Å². The molecule has 3 heterocycles. The molecule has 27 heavy (non-hydrogen) atoms. The molecular formula is C19H24N4O4. The second-order valence-electron chi connectivity index (χ2n) is 7.52. The van der Waals surface area contributed by atoms with E-state index >= 15 is 0 Å². The van der Waals surface area contributed by atoms with E-state index in [1.165, 1.54) is 0 Å². The fourth-order valence-corrected chi connectivity index (χ4v) is 4.06. The first-order chi connectivity index (χ1) is 13.0. The lowest BCUT2D eigenvalue weighted by molar-refractivity contribution is -0.136. The summed E-state index contributed by atoms with van der Waals surface area (Å²) in [6.07, 6.45) is 1.11. The van der Waals surface area contributed by atoms with Crippen molar-refractivity contribution < 1.29 is 19.5 Å². The van der Waals surface area contributed by atoms with Crippen molar-refractivity contribution in [3.05, 3.63) is 34.9 Å². The van der Waals surface area contributed by atoms with Gasteiger partial charge in [-0.25, -0.2) is 0 Å². The number of hydrogen-bond donors (Lipinski definition) is 4. The number of carbonyl (C=O) groups excluding carboxylic acids is 3. The highest BCUT2D eigenvalue weighted by Crippen LogP contribution is 2.28. The lowest BCUT2D eigenvalue weighted by atomic mass is 10.0. The number of nitrogens with one attached hydrogen (secondary N) is 3. The molecular weight excluding hydrogens is 348 g/mol. The molecule has 3 aliphatic rings. The molecule has 3 amide bonds. The Morgan fingerprint density at radius 3 is 2.85 bits per heavy atom. The molecule has 1 aromatic rings. The molecule has 3 atom stereocenters. The van der Waals surface area contributed by atoms with Crippen LogP contribution in [0, 0.1) is 0 Å². The molecule has 0 aliphatic carbocycles. The maximum absolute atomic E-state index is 12.8. The SMILES string of the molecule is O=C1CCC(N2Cc3ccc(CNC[C@H]4C[C@H](O)CN4)cc3C2=O)C(=O)N1. The van der Waals surface area contributed by atoms with Crippen molar-refractivity contribution in [1.29, 1.82) is 0 Å². The summed E-state index contributed by atoms with van der Waals surface area (Å²) in [5.74, 6) is -0.819. The van der Waals surface area contributed by atoms with Crippen LogP contribution in [-0.4, -0.2) is 59.0 Å². The first-order valence-corrected chi connectivity index (χ1v) is 9.40. The van der Waals surface area contributed by atoms with E-state index in [1.807, 2.05) is 18.2 Å². The summed E-state index contributed by atoms with van der Waals surface area (Å²) in [6, 6.07) is 5.49. The van der Waals surface area contributed by atoms with E-state index in [1.54, 1.807) is 4.90 Å². The summed E-state index contributed by atoms with van der Waals surface area (Å²) in [5.41, 5.74) is 2.55. The Hall–Kier alpha value is -2.29. The van der Waals surface area contributed by atoms with E-state index in [-0.39, 0.29) is 36.3 Å². The van der Waals surface area contributed by atoms with E-state index in [4.69, 9.17) is 0 Å². The molecule has 1 unspecified atom stereocenters. The largest absolute Gasteiger partial charge is 0.392 e. The molecule has 2 fully saturated rings. The minimum Gasteiger partial charge on any atom is -0.392 e. The van der Waals surface area contributed by atoms with Crippen LogP contribution < -0.4 is 16.0 Å². The predicted molar refractivity (Wildman–Crippen MR) is 96.6 cm³/mol. The Balaban J connectivity index is 1.38. The van der Waals surface area contributed by atoms with Crippen molar-refractivity contribution in [1.82, 2.24) is 20.9 Å². The number of rotatable bonds is 5. The highest BCUT2D eigenvalue weighted by Gasteiger charge is 2.39. The monoisotopic (exact) mass is 372 g/mol. The number of amides is 3. The van der Waals surface area contributed by atoms with Gasteiger partial charge in [0.2, 0.25) is 11.8 Å². The molecule has 0 spiro atoms. The van der Waals surface area contributed by atoms with Gasteiger partial charge in [0.1, 0.15) is 6.04 Å². The van der Waals surface area contributed by atoms with Gasteiger partial charge in [-0.2, -0.15) is 0 Å². The minimum atomic E-state index is -0.580. The summed E-state index contributed by atoms with van der Waals surface area (Å²) >= 11 is 0. The van der Waals surface area contributed by atoms with Gasteiger partial charge in [-0.05, 0) is 30.0 Å². The number of carbonyl (C=O) groups is 3. The summed E-state index contributed by atoms with van der Waals surface area (Å²) in [6.45, 7) is 2.42. The van der Waals surface area contributed by atoms with Crippen molar-refractivity contribution in [2.45, 2.75) is 50.5 Å². The molecule has 8 nitrogen and oxygen atoms in total. The first-order valence-electron chi connectivity index (χ1n) is 9.40.